The summed E-state index contributed by atoms with van der Waals surface area (Å²) in [4.78, 5) is 3.64. The molecule has 31 heavy (non-hydrogen) atoms. The van der Waals surface area contributed by atoms with Crippen molar-refractivity contribution in [3.8, 4) is 44.5 Å². The van der Waals surface area contributed by atoms with E-state index in [0.29, 0.717) is 0 Å². The predicted octanol–water partition coefficient (Wildman–Crippen LogP) is 8.30. The fourth-order valence-corrected chi connectivity index (χ4v) is 5.20. The van der Waals surface area contributed by atoms with Gasteiger partial charge in [0.15, 0.2) is 0 Å². The van der Waals surface area contributed by atoms with Crippen molar-refractivity contribution in [3.63, 3.8) is 0 Å². The zero-order chi connectivity index (χ0) is 20.4. The van der Waals surface area contributed by atoms with Crippen molar-refractivity contribution >= 4 is 21.8 Å². The fraction of sp³-hybridized carbons (Fsp3) is 0. The molecule has 0 unspecified atom stereocenters. The molecule has 0 fully saturated rings. The molecule has 1 aliphatic carbocycles. The Morgan fingerprint density at radius 2 is 0.742 bits per heavy atom. The average molecular weight is 393 g/mol. The topological polar surface area (TPSA) is 15.8 Å². The van der Waals surface area contributed by atoms with Gasteiger partial charge in [-0.25, -0.2) is 0 Å². The number of nitrogens with one attached hydrogen (secondary N) is 1. The zero-order valence-corrected chi connectivity index (χ0v) is 16.9. The van der Waals surface area contributed by atoms with E-state index in [0.717, 1.165) is 0 Å². The summed E-state index contributed by atoms with van der Waals surface area (Å²) in [5.41, 5.74) is 12.6. The van der Waals surface area contributed by atoms with Crippen LogP contribution in [0.5, 0.6) is 0 Å². The second-order valence-electron chi connectivity index (χ2n) is 8.25. The van der Waals surface area contributed by atoms with E-state index in [1.54, 1.807) is 0 Å². The third-order valence-electron chi connectivity index (χ3n) is 6.59. The van der Waals surface area contributed by atoms with Crippen molar-refractivity contribution in [1.29, 1.82) is 0 Å². The van der Waals surface area contributed by atoms with Gasteiger partial charge in [-0.1, -0.05) is 91.0 Å². The number of para-hydroxylation sites is 1. The summed E-state index contributed by atoms with van der Waals surface area (Å²) in [5.74, 6) is 0. The van der Waals surface area contributed by atoms with Crippen LogP contribution in [0.1, 0.15) is 0 Å². The van der Waals surface area contributed by atoms with Crippen molar-refractivity contribution < 1.29 is 0 Å². The molecule has 0 aliphatic heterocycles. The lowest BCUT2D eigenvalue weighted by atomic mass is 9.80. The van der Waals surface area contributed by atoms with Gasteiger partial charge in [0.25, 0.3) is 0 Å². The third-order valence-corrected chi connectivity index (χ3v) is 6.59. The largest absolute Gasteiger partial charge is 0.354 e. The van der Waals surface area contributed by atoms with Crippen LogP contribution in [0, 0.1) is 0 Å². The first kappa shape index (κ1) is 16.7. The van der Waals surface area contributed by atoms with Gasteiger partial charge < -0.3 is 4.98 Å². The van der Waals surface area contributed by atoms with E-state index in [1.807, 2.05) is 0 Å². The number of aromatic amines is 1. The van der Waals surface area contributed by atoms with Gasteiger partial charge in [0.05, 0.1) is 0 Å². The number of fused-ring (bicyclic) bond motifs is 11. The van der Waals surface area contributed by atoms with E-state index >= 15 is 0 Å². The molecule has 6 aromatic rings. The van der Waals surface area contributed by atoms with E-state index in [9.17, 15) is 0 Å². The monoisotopic (exact) mass is 393 g/mol. The van der Waals surface area contributed by atoms with Crippen molar-refractivity contribution in [2.75, 3.05) is 0 Å². The van der Waals surface area contributed by atoms with Crippen molar-refractivity contribution in [2.45, 2.75) is 0 Å². The number of rotatable bonds is 0. The summed E-state index contributed by atoms with van der Waals surface area (Å²) in [6.45, 7) is 0. The molecule has 5 aromatic carbocycles. The number of benzene rings is 5. The molecule has 1 heterocycles. The smallest absolute Gasteiger partial charge is 0.0471 e. The highest BCUT2D eigenvalue weighted by Gasteiger charge is 2.22. The van der Waals surface area contributed by atoms with Crippen LogP contribution >= 0.6 is 0 Å². The highest BCUT2D eigenvalue weighted by Crippen LogP contribution is 2.48. The number of H-pyrrole nitrogens is 1. The van der Waals surface area contributed by atoms with E-state index in [-0.39, 0.29) is 0 Å². The van der Waals surface area contributed by atoms with E-state index < -0.39 is 0 Å². The van der Waals surface area contributed by atoms with Crippen molar-refractivity contribution in [1.82, 2.24) is 4.98 Å². The standard InChI is InChI=1S/C30H19N/c1-2-10-20-19(9-1)21-11-3-5-13-23(21)26-17-28-25-15-7-8-16-29(25)31-30(28)18-27(26)24-14-6-4-12-22(20)24/h1-18,31H. The van der Waals surface area contributed by atoms with Gasteiger partial charge in [-0.2, -0.15) is 0 Å². The number of aromatic nitrogens is 1. The SMILES string of the molecule is c1ccc2c(c1)-c1ccccc1-c1cc3[nH]c4ccccc4c3cc1-c1ccccc1-2. The summed E-state index contributed by atoms with van der Waals surface area (Å²) in [6.07, 6.45) is 0. The van der Waals surface area contributed by atoms with Crippen LogP contribution in [-0.4, -0.2) is 4.98 Å². The molecule has 1 nitrogen and oxygen atoms in total. The molecule has 1 heteroatoms. The van der Waals surface area contributed by atoms with Gasteiger partial charge in [0.1, 0.15) is 0 Å². The lowest BCUT2D eigenvalue weighted by Crippen LogP contribution is -1.96. The molecular weight excluding hydrogens is 374 g/mol. The maximum absolute atomic E-state index is 3.64. The summed E-state index contributed by atoms with van der Waals surface area (Å²) in [6, 6.07) is 39.7. The molecule has 0 radical (unpaired) electrons. The highest BCUT2D eigenvalue weighted by molar-refractivity contribution is 6.13. The fourth-order valence-electron chi connectivity index (χ4n) is 5.20. The minimum absolute atomic E-state index is 1.18. The maximum atomic E-state index is 3.64. The van der Waals surface area contributed by atoms with Gasteiger partial charge in [0.2, 0.25) is 0 Å². The highest BCUT2D eigenvalue weighted by atomic mass is 14.7. The van der Waals surface area contributed by atoms with E-state index in [4.69, 9.17) is 0 Å². The average Bonchev–Trinajstić information content (AvgIpc) is 3.20. The van der Waals surface area contributed by atoms with Gasteiger partial charge in [-0.3, -0.25) is 0 Å². The Morgan fingerprint density at radius 3 is 1.29 bits per heavy atom. The van der Waals surface area contributed by atoms with Gasteiger partial charge >= 0.3 is 0 Å². The van der Waals surface area contributed by atoms with Gasteiger partial charge in [-0.15, -0.1) is 0 Å². The summed E-state index contributed by atoms with van der Waals surface area (Å²) >= 11 is 0. The minimum atomic E-state index is 1.18. The van der Waals surface area contributed by atoms with E-state index in [2.05, 4.69) is 114 Å². The molecule has 0 atom stereocenters. The van der Waals surface area contributed by atoms with Crippen LogP contribution in [0.2, 0.25) is 0 Å². The van der Waals surface area contributed by atoms with Crippen LogP contribution in [0.15, 0.2) is 109 Å². The first-order valence-electron chi connectivity index (χ1n) is 10.7. The molecule has 0 saturated heterocycles. The Labute approximate surface area is 180 Å². The van der Waals surface area contributed by atoms with Crippen molar-refractivity contribution in [2.24, 2.45) is 0 Å². The molecule has 0 amide bonds. The third kappa shape index (κ3) is 2.32. The van der Waals surface area contributed by atoms with Crippen LogP contribution in [0.25, 0.3) is 66.3 Å². The minimum Gasteiger partial charge on any atom is -0.354 e. The first-order valence-corrected chi connectivity index (χ1v) is 10.7. The van der Waals surface area contributed by atoms with E-state index in [1.165, 1.54) is 66.3 Å². The van der Waals surface area contributed by atoms with Crippen LogP contribution in [-0.2, 0) is 0 Å². The van der Waals surface area contributed by atoms with Gasteiger partial charge in [0, 0.05) is 21.8 Å². The Bertz CT molecular complexity index is 1630. The van der Waals surface area contributed by atoms with Crippen molar-refractivity contribution in [3.05, 3.63) is 109 Å². The molecular formula is C30H19N. The molecule has 1 N–H and O–H groups in total. The number of hydrogen-bond acceptors (Lipinski definition) is 0. The Hall–Kier alpha value is -4.10. The predicted molar refractivity (Wildman–Crippen MR) is 131 cm³/mol. The first-order chi connectivity index (χ1) is 15.4. The normalized spacial score (nSPS) is 11.9. The number of hydrogen-bond donors (Lipinski definition) is 1. The lowest BCUT2D eigenvalue weighted by molar-refractivity contribution is 1.51. The molecule has 0 spiro atoms. The quantitative estimate of drug-likeness (QED) is 0.267. The Kier molecular flexibility index (Phi) is 3.33. The summed E-state index contributed by atoms with van der Waals surface area (Å²) in [7, 11) is 0. The molecule has 0 bridgehead atoms. The maximum Gasteiger partial charge on any atom is 0.0471 e. The molecule has 7 rings (SSSR count). The van der Waals surface area contributed by atoms with Crippen LogP contribution in [0.4, 0.5) is 0 Å². The van der Waals surface area contributed by atoms with Crippen LogP contribution in [0.3, 0.4) is 0 Å². The second-order valence-corrected chi connectivity index (χ2v) is 8.25. The second kappa shape index (κ2) is 6.20. The molecule has 0 saturated carbocycles. The van der Waals surface area contributed by atoms with Gasteiger partial charge in [-0.05, 0) is 62.7 Å². The van der Waals surface area contributed by atoms with Crippen LogP contribution < -0.4 is 0 Å². The zero-order valence-electron chi connectivity index (χ0n) is 16.9. The lowest BCUT2D eigenvalue weighted by Gasteiger charge is -2.23. The Balaban J connectivity index is 1.70. The summed E-state index contributed by atoms with van der Waals surface area (Å²) in [5, 5.41) is 2.55. The molecule has 1 aliphatic rings. The molecule has 1 aromatic heterocycles. The summed E-state index contributed by atoms with van der Waals surface area (Å²) < 4.78 is 0. The molecule has 144 valence electrons. The Morgan fingerprint density at radius 1 is 0.323 bits per heavy atom.